The Morgan fingerprint density at radius 3 is 2.44 bits per heavy atom. The van der Waals surface area contributed by atoms with Gasteiger partial charge in [0.2, 0.25) is 0 Å². The molecule has 0 radical (unpaired) electrons. The van der Waals surface area contributed by atoms with E-state index in [0.29, 0.717) is 0 Å². The number of esters is 1. The van der Waals surface area contributed by atoms with Gasteiger partial charge in [0.15, 0.2) is 0 Å². The zero-order chi connectivity index (χ0) is 12.8. The molecule has 1 atom stereocenters. The first-order valence-electron chi connectivity index (χ1n) is 5.03. The third kappa shape index (κ3) is 7.63. The fourth-order valence-electron chi connectivity index (χ4n) is 0.952. The molecule has 0 aromatic rings. The highest BCUT2D eigenvalue weighted by molar-refractivity contribution is 7.52. The molecule has 0 aromatic heterocycles. The van der Waals surface area contributed by atoms with Gasteiger partial charge in [-0.3, -0.25) is 4.57 Å². The molecule has 0 aliphatic carbocycles. The summed E-state index contributed by atoms with van der Waals surface area (Å²) < 4.78 is 20.9. The minimum absolute atomic E-state index is 0.0473. The van der Waals surface area contributed by atoms with Gasteiger partial charge in [-0.1, -0.05) is 20.4 Å². The summed E-state index contributed by atoms with van der Waals surface area (Å²) in [6, 6.07) is 0. The number of rotatable bonds is 7. The van der Waals surface area contributed by atoms with Crippen LogP contribution in [0.3, 0.4) is 0 Å². The van der Waals surface area contributed by atoms with E-state index in [2.05, 4.69) is 6.58 Å². The summed E-state index contributed by atoms with van der Waals surface area (Å²) >= 11 is 0. The molecule has 6 heteroatoms. The Morgan fingerprint density at radius 1 is 1.44 bits per heavy atom. The second kappa shape index (κ2) is 6.84. The molecule has 0 heterocycles. The van der Waals surface area contributed by atoms with Crippen molar-refractivity contribution in [3.8, 4) is 0 Å². The third-order valence-corrected chi connectivity index (χ3v) is 3.33. The van der Waals surface area contributed by atoms with E-state index in [-0.39, 0.29) is 30.9 Å². The molecule has 0 saturated heterocycles. The van der Waals surface area contributed by atoms with Crippen LogP contribution in [-0.2, 0) is 18.6 Å². The molecule has 0 aliphatic rings. The fourth-order valence-corrected chi connectivity index (χ4v) is 2.34. The predicted molar refractivity (Wildman–Crippen MR) is 61.3 cm³/mol. The maximum Gasteiger partial charge on any atom is 0.333 e. The normalized spacial score (nSPS) is 14.6. The van der Waals surface area contributed by atoms with Crippen LogP contribution >= 0.6 is 7.60 Å². The first-order valence-corrected chi connectivity index (χ1v) is 6.80. The van der Waals surface area contributed by atoms with Crippen molar-refractivity contribution in [3.05, 3.63) is 12.2 Å². The molecule has 0 spiro atoms. The van der Waals surface area contributed by atoms with Crippen molar-refractivity contribution in [1.82, 2.24) is 0 Å². The molecule has 1 N–H and O–H groups in total. The third-order valence-electron chi connectivity index (χ3n) is 1.55. The van der Waals surface area contributed by atoms with E-state index in [0.717, 1.165) is 0 Å². The average Bonchev–Trinajstić information content (AvgIpc) is 2.09. The van der Waals surface area contributed by atoms with E-state index in [9.17, 15) is 14.3 Å². The van der Waals surface area contributed by atoms with Gasteiger partial charge in [0.1, 0.15) is 6.61 Å². The monoisotopic (exact) mass is 250 g/mol. The summed E-state index contributed by atoms with van der Waals surface area (Å²) in [5, 5.41) is 0. The molecule has 0 aromatic carbocycles. The van der Waals surface area contributed by atoms with E-state index in [1.54, 1.807) is 0 Å². The Morgan fingerprint density at radius 2 is 2.00 bits per heavy atom. The van der Waals surface area contributed by atoms with E-state index < -0.39 is 13.6 Å². The zero-order valence-corrected chi connectivity index (χ0v) is 10.8. The molecule has 0 amide bonds. The number of hydrogen-bond donors (Lipinski definition) is 1. The number of carbonyl (C=O) groups is 1. The van der Waals surface area contributed by atoms with Crippen molar-refractivity contribution in [2.45, 2.75) is 20.8 Å². The van der Waals surface area contributed by atoms with Gasteiger partial charge in [0, 0.05) is 5.57 Å². The van der Waals surface area contributed by atoms with Crippen molar-refractivity contribution in [1.29, 1.82) is 0 Å². The van der Waals surface area contributed by atoms with Crippen LogP contribution in [0.15, 0.2) is 12.2 Å². The molecule has 0 rings (SSSR count). The lowest BCUT2D eigenvalue weighted by molar-refractivity contribution is -0.139. The number of hydrogen-bond acceptors (Lipinski definition) is 4. The Bertz CT molecular complexity index is 298. The molecular weight excluding hydrogens is 231 g/mol. The Kier molecular flexibility index (Phi) is 6.56. The highest BCUT2D eigenvalue weighted by atomic mass is 31.2. The van der Waals surface area contributed by atoms with Crippen molar-refractivity contribution >= 4 is 13.6 Å². The molecule has 16 heavy (non-hydrogen) atoms. The SMILES string of the molecule is C=C(C)C(=O)OCCOP(=O)(O)CC(C)C. The largest absolute Gasteiger partial charge is 0.460 e. The van der Waals surface area contributed by atoms with Crippen LogP contribution < -0.4 is 0 Å². The van der Waals surface area contributed by atoms with Gasteiger partial charge in [-0.25, -0.2) is 4.79 Å². The quantitative estimate of drug-likeness (QED) is 0.323. The maximum atomic E-state index is 11.4. The van der Waals surface area contributed by atoms with Gasteiger partial charge >= 0.3 is 13.6 Å². The second-order valence-corrected chi connectivity index (χ2v) is 5.86. The molecule has 5 nitrogen and oxygen atoms in total. The van der Waals surface area contributed by atoms with Crippen LogP contribution in [0.1, 0.15) is 20.8 Å². The van der Waals surface area contributed by atoms with E-state index >= 15 is 0 Å². The standard InChI is InChI=1S/C10H19O5P/c1-8(2)7-16(12,13)15-6-5-14-10(11)9(3)4/h8H,3,5-7H2,1-2,4H3,(H,12,13). The van der Waals surface area contributed by atoms with Crippen LogP contribution in [0.4, 0.5) is 0 Å². The summed E-state index contributed by atoms with van der Waals surface area (Å²) in [6.45, 7) is 8.45. The highest BCUT2D eigenvalue weighted by Gasteiger charge is 2.20. The van der Waals surface area contributed by atoms with Crippen molar-refractivity contribution in [2.24, 2.45) is 5.92 Å². The maximum absolute atomic E-state index is 11.4. The minimum atomic E-state index is -3.55. The van der Waals surface area contributed by atoms with Gasteiger partial charge < -0.3 is 14.2 Å². The van der Waals surface area contributed by atoms with E-state index in [1.807, 2.05) is 13.8 Å². The lowest BCUT2D eigenvalue weighted by Crippen LogP contribution is -2.11. The number of carbonyl (C=O) groups excluding carboxylic acids is 1. The summed E-state index contributed by atoms with van der Waals surface area (Å²) in [5.74, 6) is -0.450. The van der Waals surface area contributed by atoms with Gasteiger partial charge in [0.25, 0.3) is 0 Å². The van der Waals surface area contributed by atoms with Crippen LogP contribution in [0.2, 0.25) is 0 Å². The lowest BCUT2D eigenvalue weighted by Gasteiger charge is -2.13. The predicted octanol–water partition coefficient (Wildman–Crippen LogP) is 1.96. The molecule has 0 saturated carbocycles. The van der Waals surface area contributed by atoms with Crippen LogP contribution in [-0.4, -0.2) is 30.2 Å². The van der Waals surface area contributed by atoms with E-state index in [4.69, 9.17) is 9.26 Å². The summed E-state index contributed by atoms with van der Waals surface area (Å²) in [5.41, 5.74) is 0.286. The summed E-state index contributed by atoms with van der Waals surface area (Å²) in [7, 11) is -3.55. The molecule has 94 valence electrons. The summed E-state index contributed by atoms with van der Waals surface area (Å²) in [6.07, 6.45) is 0.0986. The fraction of sp³-hybridized carbons (Fsp3) is 0.700. The second-order valence-electron chi connectivity index (χ2n) is 3.96. The van der Waals surface area contributed by atoms with Gasteiger partial charge in [0.05, 0.1) is 12.8 Å². The average molecular weight is 250 g/mol. The summed E-state index contributed by atoms with van der Waals surface area (Å²) in [4.78, 5) is 20.3. The Hall–Kier alpha value is -0.640. The highest BCUT2D eigenvalue weighted by Crippen LogP contribution is 2.43. The Balaban J connectivity index is 3.78. The van der Waals surface area contributed by atoms with Crippen molar-refractivity contribution in [3.63, 3.8) is 0 Å². The first kappa shape index (κ1) is 15.4. The van der Waals surface area contributed by atoms with Crippen LogP contribution in [0, 0.1) is 5.92 Å². The zero-order valence-electron chi connectivity index (χ0n) is 9.93. The lowest BCUT2D eigenvalue weighted by atomic mass is 10.3. The van der Waals surface area contributed by atoms with Gasteiger partial charge in [-0.15, -0.1) is 0 Å². The van der Waals surface area contributed by atoms with Crippen LogP contribution in [0.25, 0.3) is 0 Å². The molecular formula is C10H19O5P. The first-order chi connectivity index (χ1) is 7.24. The van der Waals surface area contributed by atoms with Gasteiger partial charge in [-0.05, 0) is 12.8 Å². The minimum Gasteiger partial charge on any atom is -0.460 e. The van der Waals surface area contributed by atoms with Crippen LogP contribution in [0.5, 0.6) is 0 Å². The molecule has 0 fully saturated rings. The van der Waals surface area contributed by atoms with E-state index in [1.165, 1.54) is 6.92 Å². The molecule has 0 bridgehead atoms. The van der Waals surface area contributed by atoms with Gasteiger partial charge in [-0.2, -0.15) is 0 Å². The Labute approximate surface area is 96.0 Å². The number of ether oxygens (including phenoxy) is 1. The smallest absolute Gasteiger partial charge is 0.333 e. The molecule has 0 aliphatic heterocycles. The van der Waals surface area contributed by atoms with Crippen molar-refractivity contribution in [2.75, 3.05) is 19.4 Å². The van der Waals surface area contributed by atoms with Crippen molar-refractivity contribution < 1.29 is 23.5 Å². The topological polar surface area (TPSA) is 72.8 Å². The molecule has 1 unspecified atom stereocenters.